The molecule has 11 heteroatoms. The van der Waals surface area contributed by atoms with Crippen LogP contribution in [0.15, 0.2) is 47.5 Å². The van der Waals surface area contributed by atoms with Gasteiger partial charge in [0.05, 0.1) is 19.3 Å². The van der Waals surface area contributed by atoms with E-state index in [2.05, 4.69) is 15.5 Å². The number of aliphatic hydroxyl groups excluding tert-OH is 1. The SMILES string of the molecule is O=C(Nc1ccn(CCO)n1)[C@H](CC1CCCC1)n1ncc(Oc2c(F)cccc2F)cc1=O. The second-order valence-corrected chi connectivity index (χ2v) is 8.21. The molecule has 1 atom stereocenters. The molecule has 0 spiro atoms. The summed E-state index contributed by atoms with van der Waals surface area (Å²) < 4.78 is 35.5. The van der Waals surface area contributed by atoms with Gasteiger partial charge in [-0.3, -0.25) is 14.3 Å². The zero-order chi connectivity index (χ0) is 24.1. The first kappa shape index (κ1) is 23.6. The van der Waals surface area contributed by atoms with Gasteiger partial charge in [-0.2, -0.15) is 10.2 Å². The van der Waals surface area contributed by atoms with Crippen LogP contribution in [-0.2, 0) is 11.3 Å². The van der Waals surface area contributed by atoms with Gasteiger partial charge in [-0.1, -0.05) is 31.7 Å². The van der Waals surface area contributed by atoms with Crippen molar-refractivity contribution in [2.45, 2.75) is 44.7 Å². The zero-order valence-electron chi connectivity index (χ0n) is 18.4. The van der Waals surface area contributed by atoms with Crippen LogP contribution in [-0.4, -0.2) is 37.2 Å². The first-order valence-electron chi connectivity index (χ1n) is 11.1. The minimum atomic E-state index is -0.914. The molecule has 4 rings (SSSR count). The molecule has 2 heterocycles. The average molecular weight is 473 g/mol. The van der Waals surface area contributed by atoms with Crippen LogP contribution in [0.2, 0.25) is 0 Å². The van der Waals surface area contributed by atoms with Gasteiger partial charge >= 0.3 is 0 Å². The maximum atomic E-state index is 13.9. The van der Waals surface area contributed by atoms with E-state index in [9.17, 15) is 18.4 Å². The molecule has 0 bridgehead atoms. The number of ether oxygens (including phenoxy) is 1. The third kappa shape index (κ3) is 5.48. The molecular weight excluding hydrogens is 448 g/mol. The molecule has 1 saturated carbocycles. The lowest BCUT2D eigenvalue weighted by Crippen LogP contribution is -2.36. The van der Waals surface area contributed by atoms with Gasteiger partial charge in [0, 0.05) is 18.3 Å². The fraction of sp³-hybridized carbons (Fsp3) is 0.391. The van der Waals surface area contributed by atoms with E-state index in [0.29, 0.717) is 6.42 Å². The Kier molecular flexibility index (Phi) is 7.31. The molecule has 3 aromatic rings. The maximum absolute atomic E-state index is 13.9. The largest absolute Gasteiger partial charge is 0.449 e. The number of anilines is 1. The maximum Gasteiger partial charge on any atom is 0.271 e. The molecular formula is C23H25F2N5O4. The summed E-state index contributed by atoms with van der Waals surface area (Å²) >= 11 is 0. The molecule has 2 aromatic heterocycles. The van der Waals surface area contributed by atoms with E-state index in [1.165, 1.54) is 10.7 Å². The van der Waals surface area contributed by atoms with E-state index >= 15 is 0 Å². The van der Waals surface area contributed by atoms with Gasteiger partial charge in [-0.25, -0.2) is 13.5 Å². The van der Waals surface area contributed by atoms with E-state index in [4.69, 9.17) is 9.84 Å². The van der Waals surface area contributed by atoms with Gasteiger partial charge in [-0.15, -0.1) is 0 Å². The molecule has 180 valence electrons. The third-order valence-corrected chi connectivity index (χ3v) is 5.79. The van der Waals surface area contributed by atoms with Crippen LogP contribution in [0.4, 0.5) is 14.6 Å². The first-order chi connectivity index (χ1) is 16.4. The van der Waals surface area contributed by atoms with Crippen molar-refractivity contribution in [1.82, 2.24) is 19.6 Å². The minimum Gasteiger partial charge on any atom is -0.449 e. The number of hydrogen-bond donors (Lipinski definition) is 2. The molecule has 1 fully saturated rings. The van der Waals surface area contributed by atoms with Gasteiger partial charge in [0.25, 0.3) is 11.5 Å². The predicted octanol–water partition coefficient (Wildman–Crippen LogP) is 3.26. The van der Waals surface area contributed by atoms with E-state index in [-0.39, 0.29) is 30.6 Å². The monoisotopic (exact) mass is 473 g/mol. The van der Waals surface area contributed by atoms with Crippen LogP contribution in [0, 0.1) is 17.6 Å². The predicted molar refractivity (Wildman–Crippen MR) is 118 cm³/mol. The number of carbonyl (C=O) groups excluding carboxylic acids is 1. The molecule has 1 amide bonds. The van der Waals surface area contributed by atoms with E-state index in [0.717, 1.165) is 54.8 Å². The molecule has 1 aliphatic carbocycles. The molecule has 2 N–H and O–H groups in total. The molecule has 0 unspecified atom stereocenters. The van der Waals surface area contributed by atoms with Gasteiger partial charge in [-0.05, 0) is 24.5 Å². The summed E-state index contributed by atoms with van der Waals surface area (Å²) in [5, 5.41) is 20.0. The highest BCUT2D eigenvalue weighted by molar-refractivity contribution is 5.92. The molecule has 1 aliphatic rings. The summed E-state index contributed by atoms with van der Waals surface area (Å²) in [6, 6.07) is 5.01. The van der Waals surface area contributed by atoms with Crippen LogP contribution in [0.3, 0.4) is 0 Å². The Morgan fingerprint density at radius 1 is 1.24 bits per heavy atom. The summed E-state index contributed by atoms with van der Waals surface area (Å²) in [5.74, 6) is -2.51. The fourth-order valence-corrected chi connectivity index (χ4v) is 4.13. The highest BCUT2D eigenvalue weighted by Crippen LogP contribution is 2.32. The Morgan fingerprint density at radius 2 is 1.97 bits per heavy atom. The summed E-state index contributed by atoms with van der Waals surface area (Å²) in [4.78, 5) is 26.0. The Morgan fingerprint density at radius 3 is 2.65 bits per heavy atom. The normalized spacial score (nSPS) is 14.8. The number of para-hydroxylation sites is 1. The molecule has 9 nitrogen and oxygen atoms in total. The van der Waals surface area contributed by atoms with E-state index in [1.54, 1.807) is 12.3 Å². The van der Waals surface area contributed by atoms with Crippen LogP contribution < -0.4 is 15.6 Å². The van der Waals surface area contributed by atoms with Crippen LogP contribution >= 0.6 is 0 Å². The smallest absolute Gasteiger partial charge is 0.271 e. The van der Waals surface area contributed by atoms with Crippen molar-refractivity contribution in [2.75, 3.05) is 11.9 Å². The van der Waals surface area contributed by atoms with Crippen LogP contribution in [0.5, 0.6) is 11.5 Å². The molecule has 0 aliphatic heterocycles. The van der Waals surface area contributed by atoms with Crippen LogP contribution in [0.1, 0.15) is 38.1 Å². The number of halogens is 2. The standard InChI is InChI=1S/C23H25F2N5O4/c24-17-6-3-7-18(25)22(17)34-16-13-21(32)30(26-14-16)19(12-15-4-1-2-5-15)23(33)27-20-8-9-29(28-20)10-11-31/h3,6-9,13-15,19,31H,1-2,4-5,10-12H2,(H,27,28,33)/t19-/m0/s1. The summed E-state index contributed by atoms with van der Waals surface area (Å²) in [6.45, 7) is 0.191. The second kappa shape index (κ2) is 10.6. The van der Waals surface area contributed by atoms with E-state index in [1.807, 2.05) is 0 Å². The number of carbonyl (C=O) groups is 1. The van der Waals surface area contributed by atoms with Crippen molar-refractivity contribution >= 4 is 11.7 Å². The average Bonchev–Trinajstić information content (AvgIpc) is 3.48. The molecule has 0 radical (unpaired) electrons. The highest BCUT2D eigenvalue weighted by Gasteiger charge is 2.29. The van der Waals surface area contributed by atoms with Gasteiger partial charge in [0.1, 0.15) is 6.04 Å². The van der Waals surface area contributed by atoms with Crippen molar-refractivity contribution in [3.8, 4) is 11.5 Å². The summed E-state index contributed by atoms with van der Waals surface area (Å²) in [5.41, 5.74) is -0.641. The number of benzene rings is 1. The Labute approximate surface area is 194 Å². The minimum absolute atomic E-state index is 0.0934. The topological polar surface area (TPSA) is 111 Å². The van der Waals surface area contributed by atoms with Crippen LogP contribution in [0.25, 0.3) is 0 Å². The van der Waals surface area contributed by atoms with Gasteiger partial charge in [0.2, 0.25) is 0 Å². The van der Waals surface area contributed by atoms with Crippen molar-refractivity contribution in [1.29, 1.82) is 0 Å². The highest BCUT2D eigenvalue weighted by atomic mass is 19.1. The quantitative estimate of drug-likeness (QED) is 0.494. The number of hydrogen-bond acceptors (Lipinski definition) is 6. The molecule has 1 aromatic carbocycles. The number of rotatable bonds is 9. The third-order valence-electron chi connectivity index (χ3n) is 5.79. The van der Waals surface area contributed by atoms with Gasteiger partial charge < -0.3 is 15.2 Å². The van der Waals surface area contributed by atoms with Crippen molar-refractivity contribution in [3.05, 3.63) is 64.7 Å². The summed E-state index contributed by atoms with van der Waals surface area (Å²) in [7, 11) is 0. The second-order valence-electron chi connectivity index (χ2n) is 8.21. The lowest BCUT2D eigenvalue weighted by atomic mass is 9.98. The zero-order valence-corrected chi connectivity index (χ0v) is 18.4. The number of aromatic nitrogens is 4. The number of aliphatic hydroxyl groups is 1. The Hall–Kier alpha value is -3.60. The Balaban J connectivity index is 1.57. The van der Waals surface area contributed by atoms with E-state index < -0.39 is 34.9 Å². The van der Waals surface area contributed by atoms with Gasteiger partial charge in [0.15, 0.2) is 29.0 Å². The first-order valence-corrected chi connectivity index (χ1v) is 11.1. The Bertz CT molecular complexity index is 1190. The van der Waals surface area contributed by atoms with Crippen molar-refractivity contribution in [3.63, 3.8) is 0 Å². The molecule has 0 saturated heterocycles. The fourth-order valence-electron chi connectivity index (χ4n) is 4.13. The number of nitrogens with one attached hydrogen (secondary N) is 1. The lowest BCUT2D eigenvalue weighted by Gasteiger charge is -2.21. The molecule has 34 heavy (non-hydrogen) atoms. The number of nitrogens with zero attached hydrogens (tertiary/aromatic N) is 4. The summed E-state index contributed by atoms with van der Waals surface area (Å²) in [6.07, 6.45) is 7.23. The number of amides is 1. The lowest BCUT2D eigenvalue weighted by molar-refractivity contribution is -0.120. The van der Waals surface area contributed by atoms with Crippen molar-refractivity contribution < 1.29 is 23.4 Å². The van der Waals surface area contributed by atoms with Crippen molar-refractivity contribution in [2.24, 2.45) is 5.92 Å².